The molecule has 0 aromatic heterocycles. The predicted molar refractivity (Wildman–Crippen MR) is 116 cm³/mol. The number of nitrogens with one attached hydrogen (secondary N) is 2. The Labute approximate surface area is 182 Å². The summed E-state index contributed by atoms with van der Waals surface area (Å²) in [6, 6.07) is 3.54. The van der Waals surface area contributed by atoms with Gasteiger partial charge in [-0.25, -0.2) is 13.6 Å². The van der Waals surface area contributed by atoms with E-state index in [-0.39, 0.29) is 48.2 Å². The lowest BCUT2D eigenvalue weighted by Gasteiger charge is -2.27. The van der Waals surface area contributed by atoms with Crippen molar-refractivity contribution in [3.8, 4) is 0 Å². The summed E-state index contributed by atoms with van der Waals surface area (Å²) < 4.78 is 32.4. The number of ether oxygens (including phenoxy) is 1. The van der Waals surface area contributed by atoms with E-state index >= 15 is 0 Å². The molecule has 0 spiro atoms. The maximum atomic E-state index is 13.7. The van der Waals surface area contributed by atoms with Crippen LogP contribution in [0, 0.1) is 11.6 Å². The highest BCUT2D eigenvalue weighted by Gasteiger charge is 2.34. The molecule has 158 valence electrons. The van der Waals surface area contributed by atoms with Gasteiger partial charge in [0.05, 0.1) is 0 Å². The fraction of sp³-hybridized carbons (Fsp3) is 0.579. The lowest BCUT2D eigenvalue weighted by Crippen LogP contribution is -2.45. The SMILES string of the molecule is CN=C(NCCN(C(=O)OC(C)(C)C)C1CC1)NCc1cc(F)ccc1F.I. The topological polar surface area (TPSA) is 66.0 Å². The number of hydrogen-bond acceptors (Lipinski definition) is 3. The molecule has 0 radical (unpaired) electrons. The summed E-state index contributed by atoms with van der Waals surface area (Å²) >= 11 is 0. The molecular weight excluding hydrogens is 481 g/mol. The zero-order chi connectivity index (χ0) is 20.0. The Morgan fingerprint density at radius 3 is 2.54 bits per heavy atom. The molecule has 1 saturated carbocycles. The van der Waals surface area contributed by atoms with Crippen LogP contribution in [0.25, 0.3) is 0 Å². The molecule has 0 atom stereocenters. The van der Waals surface area contributed by atoms with E-state index in [1.165, 1.54) is 0 Å². The van der Waals surface area contributed by atoms with Crippen LogP contribution in [0.5, 0.6) is 0 Å². The van der Waals surface area contributed by atoms with Crippen LogP contribution in [-0.2, 0) is 11.3 Å². The molecule has 1 amide bonds. The van der Waals surface area contributed by atoms with Gasteiger partial charge in [-0.3, -0.25) is 4.99 Å². The number of nitrogens with zero attached hydrogens (tertiary/aromatic N) is 2. The van der Waals surface area contributed by atoms with Crippen molar-refractivity contribution in [2.24, 2.45) is 4.99 Å². The minimum Gasteiger partial charge on any atom is -0.444 e. The van der Waals surface area contributed by atoms with E-state index in [9.17, 15) is 13.6 Å². The Hall–Kier alpha value is -1.65. The normalized spacial score (nSPS) is 14.1. The Kier molecular flexibility index (Phi) is 9.38. The minimum atomic E-state index is -0.537. The van der Waals surface area contributed by atoms with Crippen molar-refractivity contribution in [3.63, 3.8) is 0 Å². The maximum absolute atomic E-state index is 13.7. The molecule has 1 aliphatic rings. The first-order valence-corrected chi connectivity index (χ1v) is 9.07. The highest BCUT2D eigenvalue weighted by Crippen LogP contribution is 2.28. The first-order chi connectivity index (χ1) is 12.7. The summed E-state index contributed by atoms with van der Waals surface area (Å²) in [5.74, 6) is -0.531. The second-order valence-corrected chi connectivity index (χ2v) is 7.49. The molecule has 2 N–H and O–H groups in total. The highest BCUT2D eigenvalue weighted by atomic mass is 127. The van der Waals surface area contributed by atoms with E-state index in [1.54, 1.807) is 11.9 Å². The van der Waals surface area contributed by atoms with Gasteiger partial charge < -0.3 is 20.3 Å². The van der Waals surface area contributed by atoms with Gasteiger partial charge in [-0.05, 0) is 51.8 Å². The second kappa shape index (κ2) is 10.8. The molecule has 1 aromatic carbocycles. The van der Waals surface area contributed by atoms with E-state index in [0.717, 1.165) is 31.0 Å². The van der Waals surface area contributed by atoms with Crippen LogP contribution in [0.3, 0.4) is 0 Å². The van der Waals surface area contributed by atoms with Crippen molar-refractivity contribution in [2.45, 2.75) is 51.8 Å². The number of hydrogen-bond donors (Lipinski definition) is 2. The molecule has 1 aromatic rings. The van der Waals surface area contributed by atoms with E-state index < -0.39 is 17.2 Å². The fourth-order valence-corrected chi connectivity index (χ4v) is 2.50. The zero-order valence-corrected chi connectivity index (χ0v) is 19.1. The number of guanidine groups is 1. The van der Waals surface area contributed by atoms with Crippen molar-refractivity contribution in [2.75, 3.05) is 20.1 Å². The number of halogens is 3. The van der Waals surface area contributed by atoms with Crippen molar-refractivity contribution >= 4 is 36.0 Å². The fourth-order valence-electron chi connectivity index (χ4n) is 2.50. The number of carbonyl (C=O) groups is 1. The van der Waals surface area contributed by atoms with Crippen LogP contribution in [0.1, 0.15) is 39.2 Å². The van der Waals surface area contributed by atoms with Crippen LogP contribution in [0.15, 0.2) is 23.2 Å². The van der Waals surface area contributed by atoms with Crippen molar-refractivity contribution in [3.05, 3.63) is 35.4 Å². The third-order valence-corrected chi connectivity index (χ3v) is 3.94. The summed E-state index contributed by atoms with van der Waals surface area (Å²) in [7, 11) is 1.59. The summed E-state index contributed by atoms with van der Waals surface area (Å²) in [6.07, 6.45) is 1.63. The van der Waals surface area contributed by atoms with Crippen LogP contribution in [0.4, 0.5) is 13.6 Å². The van der Waals surface area contributed by atoms with Gasteiger partial charge in [0.15, 0.2) is 5.96 Å². The van der Waals surface area contributed by atoms with Gasteiger partial charge in [0.1, 0.15) is 17.2 Å². The summed E-state index contributed by atoms with van der Waals surface area (Å²) in [6.45, 7) is 6.54. The first kappa shape index (κ1) is 24.4. The van der Waals surface area contributed by atoms with Crippen LogP contribution >= 0.6 is 24.0 Å². The van der Waals surface area contributed by atoms with Crippen LogP contribution in [0.2, 0.25) is 0 Å². The predicted octanol–water partition coefficient (Wildman–Crippen LogP) is 3.65. The van der Waals surface area contributed by atoms with E-state index in [1.807, 2.05) is 20.8 Å². The van der Waals surface area contributed by atoms with E-state index in [0.29, 0.717) is 19.0 Å². The molecule has 1 fully saturated rings. The van der Waals surface area contributed by atoms with Gasteiger partial charge >= 0.3 is 6.09 Å². The number of rotatable bonds is 6. The van der Waals surface area contributed by atoms with Gasteiger partial charge in [-0.2, -0.15) is 0 Å². The van der Waals surface area contributed by atoms with Gasteiger partial charge in [0.2, 0.25) is 0 Å². The molecule has 9 heteroatoms. The molecule has 6 nitrogen and oxygen atoms in total. The first-order valence-electron chi connectivity index (χ1n) is 9.07. The van der Waals surface area contributed by atoms with Crippen molar-refractivity contribution in [1.29, 1.82) is 0 Å². The largest absolute Gasteiger partial charge is 0.444 e. The van der Waals surface area contributed by atoms with Gasteiger partial charge in [0.25, 0.3) is 0 Å². The standard InChI is InChI=1S/C19H28F2N4O2.HI/c1-19(2,3)27-18(26)25(15-6-7-15)10-9-23-17(22-4)24-12-13-11-14(20)5-8-16(13)21;/h5,8,11,15H,6-7,9-10,12H2,1-4H3,(H2,22,23,24);1H. The summed E-state index contributed by atoms with van der Waals surface area (Å²) in [4.78, 5) is 18.1. The summed E-state index contributed by atoms with van der Waals surface area (Å²) in [5, 5.41) is 6.02. The monoisotopic (exact) mass is 510 g/mol. The number of benzene rings is 1. The number of amides is 1. The summed E-state index contributed by atoms with van der Waals surface area (Å²) in [5.41, 5.74) is -0.323. The molecule has 28 heavy (non-hydrogen) atoms. The van der Waals surface area contributed by atoms with E-state index in [4.69, 9.17) is 4.74 Å². The quantitative estimate of drug-likeness (QED) is 0.349. The van der Waals surface area contributed by atoms with E-state index in [2.05, 4.69) is 15.6 Å². The molecule has 0 unspecified atom stereocenters. The van der Waals surface area contributed by atoms with Crippen LogP contribution < -0.4 is 10.6 Å². The maximum Gasteiger partial charge on any atom is 0.410 e. The Bertz CT molecular complexity index is 691. The smallest absolute Gasteiger partial charge is 0.410 e. The third-order valence-electron chi connectivity index (χ3n) is 3.94. The Morgan fingerprint density at radius 2 is 1.96 bits per heavy atom. The molecule has 2 rings (SSSR count). The molecule has 0 bridgehead atoms. The average Bonchev–Trinajstić information content (AvgIpc) is 3.40. The molecule has 0 aliphatic heterocycles. The van der Waals surface area contributed by atoms with Crippen molar-refractivity contribution < 1.29 is 18.3 Å². The number of carbonyl (C=O) groups excluding carboxylic acids is 1. The molecule has 0 heterocycles. The van der Waals surface area contributed by atoms with Gasteiger partial charge in [-0.1, -0.05) is 0 Å². The highest BCUT2D eigenvalue weighted by molar-refractivity contribution is 14.0. The molecular formula is C19H29F2IN4O2. The van der Waals surface area contributed by atoms with Gasteiger partial charge in [0, 0.05) is 38.3 Å². The second-order valence-electron chi connectivity index (χ2n) is 7.49. The van der Waals surface area contributed by atoms with Crippen molar-refractivity contribution in [1.82, 2.24) is 15.5 Å². The lowest BCUT2D eigenvalue weighted by atomic mass is 10.2. The minimum absolute atomic E-state index is 0. The van der Waals surface area contributed by atoms with Gasteiger partial charge in [-0.15, -0.1) is 24.0 Å². The molecule has 1 aliphatic carbocycles. The lowest BCUT2D eigenvalue weighted by molar-refractivity contribution is 0.0238. The Balaban J connectivity index is 0.00000392. The average molecular weight is 510 g/mol. The van der Waals surface area contributed by atoms with Crippen LogP contribution in [-0.4, -0.2) is 48.7 Å². The molecule has 0 saturated heterocycles. The zero-order valence-electron chi connectivity index (χ0n) is 16.7. The Morgan fingerprint density at radius 1 is 1.29 bits per heavy atom. The third kappa shape index (κ3) is 8.15. The number of aliphatic imine (C=N–C) groups is 1.